The largest absolute Gasteiger partial charge is 0.393 e. The van der Waals surface area contributed by atoms with Gasteiger partial charge in [0.1, 0.15) is 5.82 Å². The quantitative estimate of drug-likeness (QED) is 0.800. The van der Waals surface area contributed by atoms with Crippen LogP contribution in [0.2, 0.25) is 5.28 Å². The molecule has 0 aromatic carbocycles. The molecular weight excluding hydrogens is 226 g/mol. The molecule has 1 fully saturated rings. The Bertz CT molecular complexity index is 363. The van der Waals surface area contributed by atoms with E-state index in [4.69, 9.17) is 11.6 Å². The van der Waals surface area contributed by atoms with Crippen molar-refractivity contribution in [2.45, 2.75) is 26.4 Å². The third-order valence-corrected chi connectivity index (χ3v) is 3.21. The van der Waals surface area contributed by atoms with Crippen LogP contribution in [0.3, 0.4) is 0 Å². The number of nitrogens with zero attached hydrogens (tertiary/aromatic N) is 3. The first kappa shape index (κ1) is 11.6. The second kappa shape index (κ2) is 4.55. The number of hydrogen-bond acceptors (Lipinski definition) is 4. The van der Waals surface area contributed by atoms with Gasteiger partial charge in [-0.25, -0.2) is 9.97 Å². The minimum absolute atomic E-state index is 0.261. The Morgan fingerprint density at radius 1 is 1.56 bits per heavy atom. The predicted molar refractivity (Wildman–Crippen MR) is 63.8 cm³/mol. The number of rotatable bonds is 2. The first-order valence-electron chi connectivity index (χ1n) is 5.50. The van der Waals surface area contributed by atoms with Gasteiger partial charge >= 0.3 is 0 Å². The van der Waals surface area contributed by atoms with Gasteiger partial charge in [-0.1, -0.05) is 0 Å². The predicted octanol–water partition coefficient (Wildman–Crippen LogP) is 1.65. The van der Waals surface area contributed by atoms with Gasteiger partial charge in [-0.05, 0) is 31.9 Å². The molecule has 88 valence electrons. The van der Waals surface area contributed by atoms with Gasteiger partial charge in [-0.2, -0.15) is 0 Å². The maximum Gasteiger partial charge on any atom is 0.224 e. The summed E-state index contributed by atoms with van der Waals surface area (Å²) in [7, 11) is 0. The Morgan fingerprint density at radius 3 is 2.88 bits per heavy atom. The van der Waals surface area contributed by atoms with E-state index in [1.165, 1.54) is 0 Å². The molecule has 2 atom stereocenters. The fourth-order valence-corrected chi connectivity index (χ4v) is 2.29. The minimum Gasteiger partial charge on any atom is -0.393 e. The molecule has 16 heavy (non-hydrogen) atoms. The van der Waals surface area contributed by atoms with E-state index in [0.29, 0.717) is 5.92 Å². The zero-order chi connectivity index (χ0) is 11.7. The third-order valence-electron chi connectivity index (χ3n) is 3.04. The summed E-state index contributed by atoms with van der Waals surface area (Å²) in [6, 6.07) is 1.93. The summed E-state index contributed by atoms with van der Waals surface area (Å²) in [5.74, 6) is 1.19. The normalized spacial score (nSPS) is 22.5. The molecule has 1 aromatic rings. The fourth-order valence-electron chi connectivity index (χ4n) is 2.07. The van der Waals surface area contributed by atoms with E-state index in [2.05, 4.69) is 14.9 Å². The molecule has 0 bridgehead atoms. The van der Waals surface area contributed by atoms with Crippen LogP contribution < -0.4 is 4.90 Å². The van der Waals surface area contributed by atoms with E-state index < -0.39 is 0 Å². The van der Waals surface area contributed by atoms with E-state index in [0.717, 1.165) is 31.0 Å². The van der Waals surface area contributed by atoms with E-state index in [-0.39, 0.29) is 11.4 Å². The zero-order valence-corrected chi connectivity index (χ0v) is 10.3. The average molecular weight is 242 g/mol. The summed E-state index contributed by atoms with van der Waals surface area (Å²) >= 11 is 5.83. The van der Waals surface area contributed by atoms with Crippen LogP contribution in [-0.2, 0) is 0 Å². The van der Waals surface area contributed by atoms with Gasteiger partial charge in [0.25, 0.3) is 0 Å². The number of aromatic nitrogens is 2. The number of halogens is 1. The van der Waals surface area contributed by atoms with Gasteiger partial charge in [0, 0.05) is 30.8 Å². The molecule has 1 aromatic heterocycles. The van der Waals surface area contributed by atoms with Gasteiger partial charge in [0.15, 0.2) is 0 Å². The molecule has 1 aliphatic heterocycles. The highest BCUT2D eigenvalue weighted by Crippen LogP contribution is 2.25. The van der Waals surface area contributed by atoms with Crippen LogP contribution in [0.15, 0.2) is 6.07 Å². The lowest BCUT2D eigenvalue weighted by atomic mass is 10.0. The highest BCUT2D eigenvalue weighted by molar-refractivity contribution is 6.28. The molecule has 1 aliphatic rings. The molecule has 2 unspecified atom stereocenters. The lowest BCUT2D eigenvalue weighted by molar-refractivity contribution is 0.136. The Labute approximate surface area is 100 Å². The van der Waals surface area contributed by atoms with Crippen molar-refractivity contribution in [3.63, 3.8) is 0 Å². The third kappa shape index (κ3) is 2.44. The van der Waals surface area contributed by atoms with Crippen LogP contribution in [0.1, 0.15) is 19.0 Å². The lowest BCUT2D eigenvalue weighted by Gasteiger charge is -2.18. The van der Waals surface area contributed by atoms with Crippen molar-refractivity contribution in [1.82, 2.24) is 9.97 Å². The van der Waals surface area contributed by atoms with Crippen molar-refractivity contribution in [3.8, 4) is 0 Å². The second-order valence-electron chi connectivity index (χ2n) is 4.37. The summed E-state index contributed by atoms with van der Waals surface area (Å²) in [6.07, 6.45) is 0.738. The smallest absolute Gasteiger partial charge is 0.224 e. The van der Waals surface area contributed by atoms with E-state index in [9.17, 15) is 5.11 Å². The summed E-state index contributed by atoms with van der Waals surface area (Å²) in [5.41, 5.74) is 0.871. The van der Waals surface area contributed by atoms with E-state index in [1.807, 2.05) is 19.9 Å². The highest BCUT2D eigenvalue weighted by Gasteiger charge is 2.27. The standard InChI is InChI=1S/C11H16ClN3O/c1-7-5-10(14-11(12)13-7)15-4-3-9(6-15)8(2)16/h5,8-9,16H,3-4,6H2,1-2H3. The van der Waals surface area contributed by atoms with Crippen molar-refractivity contribution in [3.05, 3.63) is 17.0 Å². The first-order valence-corrected chi connectivity index (χ1v) is 5.88. The fraction of sp³-hybridized carbons (Fsp3) is 0.636. The number of anilines is 1. The molecule has 0 saturated carbocycles. The van der Waals surface area contributed by atoms with Crippen molar-refractivity contribution < 1.29 is 5.11 Å². The summed E-state index contributed by atoms with van der Waals surface area (Å²) in [5, 5.41) is 9.83. The monoisotopic (exact) mass is 241 g/mol. The van der Waals surface area contributed by atoms with Gasteiger partial charge in [0.05, 0.1) is 6.10 Å². The highest BCUT2D eigenvalue weighted by atomic mass is 35.5. The van der Waals surface area contributed by atoms with Crippen molar-refractivity contribution >= 4 is 17.4 Å². The first-order chi connectivity index (χ1) is 7.56. The molecule has 0 aliphatic carbocycles. The van der Waals surface area contributed by atoms with Crippen molar-refractivity contribution in [1.29, 1.82) is 0 Å². The number of aryl methyl sites for hydroxylation is 1. The van der Waals surface area contributed by atoms with Gasteiger partial charge in [-0.3, -0.25) is 0 Å². The summed E-state index contributed by atoms with van der Waals surface area (Å²) in [6.45, 7) is 5.50. The molecule has 1 N–H and O–H groups in total. The van der Waals surface area contributed by atoms with Crippen LogP contribution in [0.25, 0.3) is 0 Å². The second-order valence-corrected chi connectivity index (χ2v) is 4.71. The summed E-state index contributed by atoms with van der Waals surface area (Å²) < 4.78 is 0. The van der Waals surface area contributed by atoms with Crippen LogP contribution in [0, 0.1) is 12.8 Å². The van der Waals surface area contributed by atoms with Crippen LogP contribution >= 0.6 is 11.6 Å². The maximum absolute atomic E-state index is 9.54. The molecule has 1 saturated heterocycles. The molecule has 2 heterocycles. The Hall–Kier alpha value is -0.870. The molecule has 4 nitrogen and oxygen atoms in total. The van der Waals surface area contributed by atoms with Gasteiger partial charge in [-0.15, -0.1) is 0 Å². The van der Waals surface area contributed by atoms with E-state index >= 15 is 0 Å². The van der Waals surface area contributed by atoms with Crippen LogP contribution in [0.5, 0.6) is 0 Å². The van der Waals surface area contributed by atoms with Crippen molar-refractivity contribution in [2.75, 3.05) is 18.0 Å². The summed E-state index contributed by atoms with van der Waals surface area (Å²) in [4.78, 5) is 10.4. The Morgan fingerprint density at radius 2 is 2.31 bits per heavy atom. The topological polar surface area (TPSA) is 49.2 Å². The van der Waals surface area contributed by atoms with Crippen LogP contribution in [-0.4, -0.2) is 34.3 Å². The number of aliphatic hydroxyl groups excluding tert-OH is 1. The lowest BCUT2D eigenvalue weighted by Crippen LogP contribution is -2.24. The molecule has 0 amide bonds. The molecule has 0 spiro atoms. The van der Waals surface area contributed by atoms with Crippen LogP contribution in [0.4, 0.5) is 5.82 Å². The average Bonchev–Trinajstić information content (AvgIpc) is 2.64. The minimum atomic E-state index is -0.261. The number of aliphatic hydroxyl groups is 1. The molecular formula is C11H16ClN3O. The van der Waals surface area contributed by atoms with Gasteiger partial charge in [0.2, 0.25) is 5.28 Å². The Balaban J connectivity index is 2.14. The maximum atomic E-state index is 9.54. The van der Waals surface area contributed by atoms with Crippen molar-refractivity contribution in [2.24, 2.45) is 5.92 Å². The van der Waals surface area contributed by atoms with Gasteiger partial charge < -0.3 is 10.0 Å². The molecule has 2 rings (SSSR count). The number of hydrogen-bond donors (Lipinski definition) is 1. The Kier molecular flexibility index (Phi) is 3.30. The molecule has 0 radical (unpaired) electrons. The zero-order valence-electron chi connectivity index (χ0n) is 9.52. The SMILES string of the molecule is Cc1cc(N2CCC(C(C)O)C2)nc(Cl)n1. The molecule has 5 heteroatoms. The van der Waals surface area contributed by atoms with E-state index in [1.54, 1.807) is 0 Å².